The first-order chi connectivity index (χ1) is 5.18. The highest BCUT2D eigenvalue weighted by Gasteiger charge is 2.44. The van der Waals surface area contributed by atoms with Crippen molar-refractivity contribution in [3.8, 4) is 0 Å². The van der Waals surface area contributed by atoms with Crippen LogP contribution in [0.25, 0.3) is 0 Å². The van der Waals surface area contributed by atoms with Crippen LogP contribution >= 0.6 is 0 Å². The summed E-state index contributed by atoms with van der Waals surface area (Å²) in [6.07, 6.45) is 3.12. The molecule has 2 fully saturated rings. The first-order valence-electron chi connectivity index (χ1n) is 4.62. The number of hydrogen-bond donors (Lipinski definition) is 2. The molecule has 0 aromatic carbocycles. The number of aliphatic hydroxyl groups is 1. The normalized spacial score (nSPS) is 56.5. The van der Waals surface area contributed by atoms with Gasteiger partial charge in [-0.05, 0) is 37.0 Å². The summed E-state index contributed by atoms with van der Waals surface area (Å²) in [6.45, 7) is 2.23. The van der Waals surface area contributed by atoms with Gasteiger partial charge < -0.3 is 10.8 Å². The number of rotatable bonds is 0. The fourth-order valence-corrected chi connectivity index (χ4v) is 2.92. The summed E-state index contributed by atoms with van der Waals surface area (Å²) in [4.78, 5) is 0. The van der Waals surface area contributed by atoms with E-state index in [1.807, 2.05) is 0 Å². The molecule has 0 aromatic heterocycles. The van der Waals surface area contributed by atoms with Gasteiger partial charge in [0.25, 0.3) is 0 Å². The Balaban J connectivity index is 2.07. The zero-order valence-corrected chi connectivity index (χ0v) is 7.03. The molecule has 0 heterocycles. The van der Waals surface area contributed by atoms with Crippen molar-refractivity contribution >= 4 is 0 Å². The van der Waals surface area contributed by atoms with Crippen molar-refractivity contribution in [3.63, 3.8) is 0 Å². The fourth-order valence-electron chi connectivity index (χ4n) is 2.92. The monoisotopic (exact) mass is 155 g/mol. The van der Waals surface area contributed by atoms with Crippen LogP contribution in [0.5, 0.6) is 0 Å². The Bertz CT molecular complexity index is 160. The van der Waals surface area contributed by atoms with Gasteiger partial charge in [0.05, 0.1) is 6.10 Å². The maximum Gasteiger partial charge on any atom is 0.0545 e. The summed E-state index contributed by atoms with van der Waals surface area (Å²) in [6, 6.07) is 0.400. The van der Waals surface area contributed by atoms with Crippen LogP contribution in [-0.2, 0) is 0 Å². The van der Waals surface area contributed by atoms with E-state index in [4.69, 9.17) is 5.73 Å². The van der Waals surface area contributed by atoms with E-state index in [1.54, 1.807) is 0 Å². The number of hydrogen-bond acceptors (Lipinski definition) is 2. The summed E-state index contributed by atoms with van der Waals surface area (Å²) in [5, 5.41) is 9.40. The summed E-state index contributed by atoms with van der Waals surface area (Å²) >= 11 is 0. The molecule has 0 aromatic rings. The predicted molar refractivity (Wildman–Crippen MR) is 44.0 cm³/mol. The Morgan fingerprint density at radius 2 is 2.00 bits per heavy atom. The van der Waals surface area contributed by atoms with Gasteiger partial charge in [-0.3, -0.25) is 0 Å². The molecule has 2 aliphatic carbocycles. The third-order valence-corrected chi connectivity index (χ3v) is 3.65. The van der Waals surface area contributed by atoms with E-state index in [2.05, 4.69) is 6.92 Å². The molecule has 64 valence electrons. The summed E-state index contributed by atoms with van der Waals surface area (Å²) in [7, 11) is 0. The molecular weight excluding hydrogens is 138 g/mol. The summed E-state index contributed by atoms with van der Waals surface area (Å²) in [5.74, 6) is 2.09. The standard InChI is InChI=1S/C9H17NO/c1-5-8-4-7(11)2-6(8)3-9(5)10/h5-9,11H,2-4,10H2,1H3/t5?,6-,7?,8?,9+/m0/s1. The zero-order chi connectivity index (χ0) is 8.01. The molecule has 3 unspecified atom stereocenters. The highest BCUT2D eigenvalue weighted by atomic mass is 16.3. The van der Waals surface area contributed by atoms with Gasteiger partial charge in [0.1, 0.15) is 0 Å². The lowest BCUT2D eigenvalue weighted by Crippen LogP contribution is -2.25. The van der Waals surface area contributed by atoms with Crippen LogP contribution in [0.3, 0.4) is 0 Å². The molecular formula is C9H17NO. The molecule has 0 saturated heterocycles. The van der Waals surface area contributed by atoms with E-state index < -0.39 is 0 Å². The van der Waals surface area contributed by atoms with Crippen molar-refractivity contribution in [2.24, 2.45) is 23.5 Å². The molecule has 0 bridgehead atoms. The minimum absolute atomic E-state index is 0.0278. The van der Waals surface area contributed by atoms with Gasteiger partial charge in [-0.2, -0.15) is 0 Å². The van der Waals surface area contributed by atoms with Crippen molar-refractivity contribution in [1.29, 1.82) is 0 Å². The van der Waals surface area contributed by atoms with Crippen molar-refractivity contribution in [1.82, 2.24) is 0 Å². The van der Waals surface area contributed by atoms with Crippen LogP contribution in [0.4, 0.5) is 0 Å². The molecule has 2 rings (SSSR count). The minimum Gasteiger partial charge on any atom is -0.393 e. The van der Waals surface area contributed by atoms with Crippen molar-refractivity contribution in [2.45, 2.75) is 38.3 Å². The molecule has 2 nitrogen and oxygen atoms in total. The van der Waals surface area contributed by atoms with Crippen LogP contribution in [0.2, 0.25) is 0 Å². The van der Waals surface area contributed by atoms with Gasteiger partial charge in [0.15, 0.2) is 0 Å². The molecule has 0 spiro atoms. The highest BCUT2D eigenvalue weighted by Crippen LogP contribution is 2.46. The minimum atomic E-state index is -0.0278. The Morgan fingerprint density at radius 3 is 2.64 bits per heavy atom. The van der Waals surface area contributed by atoms with Gasteiger partial charge in [-0.15, -0.1) is 0 Å². The smallest absolute Gasteiger partial charge is 0.0545 e. The van der Waals surface area contributed by atoms with Crippen LogP contribution in [0.15, 0.2) is 0 Å². The van der Waals surface area contributed by atoms with E-state index in [9.17, 15) is 5.11 Å². The third kappa shape index (κ3) is 1.09. The lowest BCUT2D eigenvalue weighted by atomic mass is 9.93. The van der Waals surface area contributed by atoms with Crippen LogP contribution in [-0.4, -0.2) is 17.3 Å². The quantitative estimate of drug-likeness (QED) is 0.542. The molecule has 2 heteroatoms. The van der Waals surface area contributed by atoms with Gasteiger partial charge in [0, 0.05) is 6.04 Å². The first kappa shape index (κ1) is 7.56. The van der Waals surface area contributed by atoms with Crippen LogP contribution in [0, 0.1) is 17.8 Å². The Labute approximate surface area is 67.8 Å². The second kappa shape index (κ2) is 2.46. The number of nitrogens with two attached hydrogens (primary N) is 1. The zero-order valence-electron chi connectivity index (χ0n) is 7.03. The van der Waals surface area contributed by atoms with Gasteiger partial charge >= 0.3 is 0 Å². The van der Waals surface area contributed by atoms with Gasteiger partial charge in [0.2, 0.25) is 0 Å². The maximum absolute atomic E-state index is 9.40. The van der Waals surface area contributed by atoms with Crippen molar-refractivity contribution < 1.29 is 5.11 Å². The molecule has 0 aliphatic heterocycles. The van der Waals surface area contributed by atoms with Crippen molar-refractivity contribution in [3.05, 3.63) is 0 Å². The molecule has 3 N–H and O–H groups in total. The maximum atomic E-state index is 9.40. The van der Waals surface area contributed by atoms with Gasteiger partial charge in [-0.25, -0.2) is 0 Å². The average Bonchev–Trinajstić information content (AvgIpc) is 2.37. The van der Waals surface area contributed by atoms with Gasteiger partial charge in [-0.1, -0.05) is 6.92 Å². The van der Waals surface area contributed by atoms with E-state index in [0.29, 0.717) is 12.0 Å². The SMILES string of the molecule is CC1C2CC(O)C[C@H]2C[C@H]1N. The lowest BCUT2D eigenvalue weighted by Gasteiger charge is -2.15. The Hall–Kier alpha value is -0.0800. The number of aliphatic hydroxyl groups excluding tert-OH is 1. The molecule has 0 amide bonds. The van der Waals surface area contributed by atoms with Crippen LogP contribution in [0.1, 0.15) is 26.2 Å². The molecule has 2 aliphatic rings. The average molecular weight is 155 g/mol. The summed E-state index contributed by atoms with van der Waals surface area (Å²) in [5.41, 5.74) is 5.93. The Kier molecular flexibility index (Phi) is 1.69. The number of fused-ring (bicyclic) bond motifs is 1. The van der Waals surface area contributed by atoms with E-state index in [0.717, 1.165) is 31.1 Å². The molecule has 0 radical (unpaired) electrons. The topological polar surface area (TPSA) is 46.2 Å². The van der Waals surface area contributed by atoms with E-state index in [1.165, 1.54) is 0 Å². The largest absolute Gasteiger partial charge is 0.393 e. The first-order valence-corrected chi connectivity index (χ1v) is 4.62. The van der Waals surface area contributed by atoms with Crippen LogP contribution < -0.4 is 5.73 Å². The molecule has 2 saturated carbocycles. The highest BCUT2D eigenvalue weighted by molar-refractivity contribution is 4.97. The predicted octanol–water partition coefficient (Wildman–Crippen LogP) is 0.741. The van der Waals surface area contributed by atoms with E-state index in [-0.39, 0.29) is 6.10 Å². The third-order valence-electron chi connectivity index (χ3n) is 3.65. The fraction of sp³-hybridized carbons (Fsp3) is 1.00. The second-order valence-corrected chi connectivity index (χ2v) is 4.31. The Morgan fingerprint density at radius 1 is 1.27 bits per heavy atom. The molecule has 5 atom stereocenters. The second-order valence-electron chi connectivity index (χ2n) is 4.31. The molecule has 11 heavy (non-hydrogen) atoms. The van der Waals surface area contributed by atoms with E-state index >= 15 is 0 Å². The lowest BCUT2D eigenvalue weighted by molar-refractivity contribution is 0.166. The van der Waals surface area contributed by atoms with Crippen molar-refractivity contribution in [2.75, 3.05) is 0 Å². The summed E-state index contributed by atoms with van der Waals surface area (Å²) < 4.78 is 0.